The van der Waals surface area contributed by atoms with E-state index >= 15 is 0 Å². The van der Waals surface area contributed by atoms with Crippen molar-refractivity contribution in [1.82, 2.24) is 20.7 Å². The van der Waals surface area contributed by atoms with Crippen molar-refractivity contribution in [2.75, 3.05) is 13.1 Å². The van der Waals surface area contributed by atoms with Crippen LogP contribution >= 0.6 is 11.3 Å². The lowest BCUT2D eigenvalue weighted by molar-refractivity contribution is -0.136. The molecule has 2 aliphatic heterocycles. The summed E-state index contributed by atoms with van der Waals surface area (Å²) in [7, 11) is 0. The second-order valence-corrected chi connectivity index (χ2v) is 12.4. The molecule has 1 saturated heterocycles. The van der Waals surface area contributed by atoms with E-state index < -0.39 is 11.8 Å². The third-order valence-electron chi connectivity index (χ3n) is 6.84. The van der Waals surface area contributed by atoms with Crippen LogP contribution in [0.4, 0.5) is 0 Å². The second-order valence-electron chi connectivity index (χ2n) is 11.5. The monoisotopic (exact) mass is 513 g/mol. The molecule has 1 aromatic heterocycles. The molecule has 3 heterocycles. The number of amidine groups is 1. The molecule has 196 valence electrons. The number of carbonyl (C=O) groups is 1. The van der Waals surface area contributed by atoms with Gasteiger partial charge in [0.2, 0.25) is 11.6 Å². The molecule has 0 aliphatic carbocycles. The van der Waals surface area contributed by atoms with Gasteiger partial charge < -0.3 is 15.3 Å². The molecular weight excluding hydrogens is 474 g/mol. The molecule has 4 rings (SSSR count). The Labute approximate surface area is 218 Å². The maximum atomic E-state index is 13.8. The van der Waals surface area contributed by atoms with Crippen molar-refractivity contribution in [2.45, 2.75) is 78.8 Å². The molecular formula is C27H39N5O3S. The number of hydroxylamine groups is 1. The van der Waals surface area contributed by atoms with Gasteiger partial charge in [-0.1, -0.05) is 58.9 Å². The molecule has 3 N–H and O–H groups in total. The molecule has 0 bridgehead atoms. The number of aromatic nitrogens is 1. The smallest absolute Gasteiger partial charge is 0.240 e. The molecule has 36 heavy (non-hydrogen) atoms. The van der Waals surface area contributed by atoms with Gasteiger partial charge in [0, 0.05) is 18.5 Å². The fourth-order valence-corrected chi connectivity index (χ4v) is 5.61. The van der Waals surface area contributed by atoms with E-state index in [4.69, 9.17) is 9.83 Å². The number of thiazole rings is 1. The minimum absolute atomic E-state index is 0.0212. The highest BCUT2D eigenvalue weighted by atomic mass is 32.1. The van der Waals surface area contributed by atoms with E-state index in [1.165, 1.54) is 0 Å². The summed E-state index contributed by atoms with van der Waals surface area (Å²) in [6.07, 6.45) is -0.190. The van der Waals surface area contributed by atoms with Crippen molar-refractivity contribution in [2.24, 2.45) is 16.3 Å². The Kier molecular flexibility index (Phi) is 7.57. The minimum Gasteiger partial charge on any atom is -0.391 e. The third kappa shape index (κ3) is 5.49. The van der Waals surface area contributed by atoms with Crippen LogP contribution in [0.25, 0.3) is 10.4 Å². The van der Waals surface area contributed by atoms with E-state index in [0.717, 1.165) is 28.2 Å². The highest BCUT2D eigenvalue weighted by Crippen LogP contribution is 2.35. The largest absolute Gasteiger partial charge is 0.391 e. The normalized spacial score (nSPS) is 25.2. The summed E-state index contributed by atoms with van der Waals surface area (Å²) in [5, 5.41) is 14.0. The van der Waals surface area contributed by atoms with Crippen molar-refractivity contribution in [3.8, 4) is 10.4 Å². The Morgan fingerprint density at radius 3 is 2.61 bits per heavy atom. The second kappa shape index (κ2) is 10.2. The zero-order valence-electron chi connectivity index (χ0n) is 22.3. The SMILES string of the molecule is Cc1ncsc1-c1ccc(C2(C)N=C([C@@H]3C[C@@H](O)CN3C(=O)C(NCC(C)C)C(C)(C)C)NO2)cc1. The van der Waals surface area contributed by atoms with Gasteiger partial charge in [0.15, 0.2) is 0 Å². The van der Waals surface area contributed by atoms with Crippen molar-refractivity contribution >= 4 is 23.1 Å². The van der Waals surface area contributed by atoms with Crippen LogP contribution in [0.15, 0.2) is 34.8 Å². The third-order valence-corrected chi connectivity index (χ3v) is 7.81. The number of β-amino-alcohol motifs (C(OH)–C–C–N with tert-alkyl or cyclic N) is 1. The molecule has 1 aromatic carbocycles. The molecule has 4 atom stereocenters. The number of aryl methyl sites for hydroxylation is 1. The molecule has 2 aromatic rings. The van der Waals surface area contributed by atoms with E-state index in [9.17, 15) is 9.90 Å². The summed E-state index contributed by atoms with van der Waals surface area (Å²) in [6, 6.07) is 7.40. The van der Waals surface area contributed by atoms with Crippen LogP contribution in [0.3, 0.4) is 0 Å². The molecule has 9 heteroatoms. The Morgan fingerprint density at radius 2 is 2.03 bits per heavy atom. The van der Waals surface area contributed by atoms with Crippen LogP contribution < -0.4 is 10.8 Å². The first-order valence-electron chi connectivity index (χ1n) is 12.7. The molecule has 0 spiro atoms. The summed E-state index contributed by atoms with van der Waals surface area (Å²) in [5.74, 6) is 0.970. The fourth-order valence-electron chi connectivity index (χ4n) is 4.80. The number of hydrogen-bond donors (Lipinski definition) is 3. The van der Waals surface area contributed by atoms with E-state index in [2.05, 4.69) is 62.5 Å². The summed E-state index contributed by atoms with van der Waals surface area (Å²) in [6.45, 7) is 15.4. The molecule has 1 fully saturated rings. The molecule has 1 amide bonds. The van der Waals surface area contributed by atoms with Gasteiger partial charge in [-0.15, -0.1) is 11.3 Å². The number of aliphatic hydroxyl groups excluding tert-OH is 1. The minimum atomic E-state index is -0.932. The number of aliphatic hydroxyl groups is 1. The summed E-state index contributed by atoms with van der Waals surface area (Å²) < 4.78 is 0. The lowest BCUT2D eigenvalue weighted by atomic mass is 9.85. The average molecular weight is 514 g/mol. The topological polar surface area (TPSA) is 99.1 Å². The zero-order chi connectivity index (χ0) is 26.3. The maximum Gasteiger partial charge on any atom is 0.240 e. The number of amides is 1. The van der Waals surface area contributed by atoms with E-state index in [0.29, 0.717) is 18.2 Å². The van der Waals surface area contributed by atoms with Crippen molar-refractivity contribution < 1.29 is 14.7 Å². The number of carbonyl (C=O) groups excluding carboxylic acids is 1. The van der Waals surface area contributed by atoms with Gasteiger partial charge in [-0.2, -0.15) is 0 Å². The number of aliphatic imine (C=N–C) groups is 1. The predicted octanol–water partition coefficient (Wildman–Crippen LogP) is 3.85. The number of rotatable bonds is 7. The number of nitrogens with zero attached hydrogens (tertiary/aromatic N) is 3. The van der Waals surface area contributed by atoms with Crippen LogP contribution in [0.5, 0.6) is 0 Å². The highest BCUT2D eigenvalue weighted by Gasteiger charge is 2.46. The fraction of sp³-hybridized carbons (Fsp3) is 0.593. The van der Waals surface area contributed by atoms with Crippen LogP contribution in [-0.2, 0) is 15.4 Å². The van der Waals surface area contributed by atoms with Gasteiger partial charge in [0.25, 0.3) is 0 Å². The van der Waals surface area contributed by atoms with Gasteiger partial charge in [-0.3, -0.25) is 4.79 Å². The molecule has 8 nitrogen and oxygen atoms in total. The van der Waals surface area contributed by atoms with E-state index in [1.807, 2.05) is 31.5 Å². The number of likely N-dealkylation sites (tertiary alicyclic amines) is 1. The quantitative estimate of drug-likeness (QED) is 0.520. The first kappa shape index (κ1) is 26.7. The van der Waals surface area contributed by atoms with E-state index in [-0.39, 0.29) is 30.0 Å². The van der Waals surface area contributed by atoms with Gasteiger partial charge in [-0.05, 0) is 37.3 Å². The highest BCUT2D eigenvalue weighted by molar-refractivity contribution is 7.13. The van der Waals surface area contributed by atoms with Crippen molar-refractivity contribution in [3.05, 3.63) is 41.0 Å². The lowest BCUT2D eigenvalue weighted by Crippen LogP contribution is -2.56. The van der Waals surface area contributed by atoms with E-state index in [1.54, 1.807) is 16.2 Å². The van der Waals surface area contributed by atoms with Crippen LogP contribution in [0, 0.1) is 18.3 Å². The van der Waals surface area contributed by atoms with Gasteiger partial charge in [0.1, 0.15) is 5.84 Å². The standard InChI is InChI=1S/C27H39N5O3S/c1-16(2)13-28-23(26(4,5)6)25(34)32-14-20(33)12-21(32)24-30-27(7,35-31-24)19-10-8-18(9-11-19)22-17(3)29-15-36-22/h8-11,15-16,20-21,23,28,33H,12-14H2,1-7H3,(H,30,31)/t20-,21+,23?,27?/m1/s1. The summed E-state index contributed by atoms with van der Waals surface area (Å²) in [5.41, 5.74) is 6.65. The molecule has 0 radical (unpaired) electrons. The molecule has 2 unspecified atom stereocenters. The van der Waals surface area contributed by atoms with Gasteiger partial charge in [-0.25, -0.2) is 20.3 Å². The molecule has 0 saturated carbocycles. The van der Waals surface area contributed by atoms with Gasteiger partial charge >= 0.3 is 0 Å². The van der Waals surface area contributed by atoms with Crippen LogP contribution in [0.2, 0.25) is 0 Å². The Hall–Kier alpha value is -2.33. The van der Waals surface area contributed by atoms with Gasteiger partial charge in [0.05, 0.1) is 34.3 Å². The first-order chi connectivity index (χ1) is 16.9. The zero-order valence-corrected chi connectivity index (χ0v) is 23.1. The molecule has 2 aliphatic rings. The Morgan fingerprint density at radius 1 is 1.33 bits per heavy atom. The first-order valence-corrected chi connectivity index (χ1v) is 13.5. The lowest BCUT2D eigenvalue weighted by Gasteiger charge is -2.36. The van der Waals surface area contributed by atoms with Crippen molar-refractivity contribution in [3.63, 3.8) is 0 Å². The summed E-state index contributed by atoms with van der Waals surface area (Å²) >= 11 is 1.62. The maximum absolute atomic E-state index is 13.8. The number of benzene rings is 1. The Balaban J connectivity index is 1.56. The van der Waals surface area contributed by atoms with Crippen LogP contribution in [-0.4, -0.2) is 58.0 Å². The Bertz CT molecular complexity index is 1110. The number of hydrogen-bond acceptors (Lipinski definition) is 8. The number of nitrogens with one attached hydrogen (secondary N) is 2. The average Bonchev–Trinajstić information content (AvgIpc) is 3.51. The van der Waals surface area contributed by atoms with Crippen LogP contribution in [0.1, 0.15) is 59.2 Å². The summed E-state index contributed by atoms with van der Waals surface area (Å²) in [4.78, 5) is 31.9. The van der Waals surface area contributed by atoms with Crippen molar-refractivity contribution in [1.29, 1.82) is 0 Å². The predicted molar refractivity (Wildman–Crippen MR) is 144 cm³/mol.